The molecule has 10 nitrogen and oxygen atoms in total. The van der Waals surface area contributed by atoms with Gasteiger partial charge in [0, 0.05) is 24.8 Å². The minimum atomic E-state index is -1.71. The van der Waals surface area contributed by atoms with Gasteiger partial charge in [0.2, 0.25) is 0 Å². The number of unbranched alkanes of at least 4 members (excludes halogenated alkanes) is 1. The minimum Gasteiger partial charge on any atom is -0.459 e. The summed E-state index contributed by atoms with van der Waals surface area (Å²) in [6.07, 6.45) is 4.76. The number of carbonyl (C=O) groups excluding carboxylic acids is 3. The first-order valence-corrected chi connectivity index (χ1v) is 22.1. The van der Waals surface area contributed by atoms with Crippen molar-refractivity contribution in [3.8, 4) is 0 Å². The molecule has 0 aromatic heterocycles. The number of nitrogens with one attached hydrogen (secondary N) is 2. The Kier molecular flexibility index (Phi) is 21.2. The van der Waals surface area contributed by atoms with E-state index in [1.54, 1.807) is 6.92 Å². The lowest BCUT2D eigenvalue weighted by Crippen LogP contribution is -2.50. The van der Waals surface area contributed by atoms with Crippen molar-refractivity contribution in [1.82, 2.24) is 10.6 Å². The van der Waals surface area contributed by atoms with Crippen molar-refractivity contribution in [3.63, 3.8) is 0 Å². The second-order valence-corrected chi connectivity index (χ2v) is 23.2. The molecule has 2 N–H and O–H groups in total. The van der Waals surface area contributed by atoms with Gasteiger partial charge in [-0.25, -0.2) is 14.4 Å². The summed E-state index contributed by atoms with van der Waals surface area (Å²) in [5, 5.41) is 5.83. The second-order valence-electron chi connectivity index (χ2n) is 14.4. The van der Waals surface area contributed by atoms with E-state index in [4.69, 9.17) is 23.1 Å². The van der Waals surface area contributed by atoms with Gasteiger partial charge in [-0.05, 0) is 81.7 Å². The number of hydrogen-bond acceptors (Lipinski definition) is 8. The average Bonchev–Trinajstić information content (AvgIpc) is 2.86. The van der Waals surface area contributed by atoms with Crippen molar-refractivity contribution >= 4 is 34.8 Å². The van der Waals surface area contributed by atoms with E-state index in [1.165, 1.54) is 18.9 Å². The van der Waals surface area contributed by atoms with Gasteiger partial charge in [-0.2, -0.15) is 0 Å². The van der Waals surface area contributed by atoms with Crippen molar-refractivity contribution in [2.45, 2.75) is 132 Å². The Morgan fingerprint density at radius 2 is 1.38 bits per heavy atom. The highest BCUT2D eigenvalue weighted by Gasteiger charge is 2.42. The number of ether oxygens (including phenoxy) is 4. The van der Waals surface area contributed by atoms with Crippen molar-refractivity contribution in [2.75, 3.05) is 39.6 Å². The summed E-state index contributed by atoms with van der Waals surface area (Å²) in [5.41, 5.74) is 0.00617. The van der Waals surface area contributed by atoms with E-state index in [9.17, 15) is 14.4 Å². The Morgan fingerprint density at radius 3 is 1.98 bits per heavy atom. The molecule has 1 aliphatic rings. The van der Waals surface area contributed by atoms with Crippen LogP contribution in [0.5, 0.6) is 0 Å². The molecule has 1 saturated carbocycles. The van der Waals surface area contributed by atoms with Crippen LogP contribution in [0.25, 0.3) is 0 Å². The Hall–Kier alpha value is -1.90. The standard InChI is InChI=1S/C31H60N2O8Si2.2CH4/c1-11-12-19-42(7,8)41-43(9,10)20-13-14-37-15-16-40-29(36)33-26-21-30(4,5)23-31(6,22-26)24-32-28(35)39-18-17-38-27(34)25(2)3;;/h26H,2,11-24H2,1,3-10H3,(H,32,35)(H,33,36);2*1H4. The van der Waals surface area contributed by atoms with Crippen LogP contribution < -0.4 is 10.6 Å². The normalized spacial score (nSPS) is 19.3. The van der Waals surface area contributed by atoms with Gasteiger partial charge in [0.05, 0.1) is 6.61 Å². The molecule has 0 bridgehead atoms. The lowest BCUT2D eigenvalue weighted by atomic mass is 9.62. The summed E-state index contributed by atoms with van der Waals surface area (Å²) in [5.74, 6) is -0.518. The lowest BCUT2D eigenvalue weighted by molar-refractivity contribution is -0.139. The Balaban J connectivity index is 0. The first kappa shape index (κ1) is 45.2. The molecule has 266 valence electrons. The first-order valence-electron chi connectivity index (χ1n) is 15.8. The van der Waals surface area contributed by atoms with E-state index in [0.717, 1.165) is 25.3 Å². The van der Waals surface area contributed by atoms with Crippen LogP contribution in [0.15, 0.2) is 12.2 Å². The highest BCUT2D eigenvalue weighted by molar-refractivity contribution is 6.84. The van der Waals surface area contributed by atoms with Gasteiger partial charge >= 0.3 is 18.2 Å². The molecule has 0 spiro atoms. The van der Waals surface area contributed by atoms with Crippen LogP contribution in [0, 0.1) is 10.8 Å². The van der Waals surface area contributed by atoms with Gasteiger partial charge in [-0.1, -0.05) is 62.0 Å². The molecule has 1 aliphatic carbocycles. The fraction of sp³-hybridized carbons (Fsp3) is 0.848. The van der Waals surface area contributed by atoms with Crippen LogP contribution in [0.4, 0.5) is 9.59 Å². The van der Waals surface area contributed by atoms with Crippen LogP contribution in [0.3, 0.4) is 0 Å². The quantitative estimate of drug-likeness (QED) is 0.0464. The summed E-state index contributed by atoms with van der Waals surface area (Å²) in [6, 6.07) is 2.19. The predicted octanol–water partition coefficient (Wildman–Crippen LogP) is 8.05. The smallest absolute Gasteiger partial charge is 0.407 e. The Bertz CT molecular complexity index is 913. The molecule has 2 unspecified atom stereocenters. The largest absolute Gasteiger partial charge is 0.459 e. The van der Waals surface area contributed by atoms with Gasteiger partial charge in [-0.15, -0.1) is 0 Å². The van der Waals surface area contributed by atoms with Crippen molar-refractivity contribution in [1.29, 1.82) is 0 Å². The molecule has 0 aromatic rings. The number of rotatable bonds is 19. The molecule has 0 aliphatic heterocycles. The van der Waals surface area contributed by atoms with Gasteiger partial charge in [0.1, 0.15) is 19.8 Å². The molecular weight excluding hydrogens is 609 g/mol. The maximum Gasteiger partial charge on any atom is 0.407 e. The van der Waals surface area contributed by atoms with E-state index >= 15 is 0 Å². The highest BCUT2D eigenvalue weighted by atomic mass is 28.4. The third-order valence-corrected chi connectivity index (χ3v) is 15.1. The fourth-order valence-electron chi connectivity index (χ4n) is 6.16. The van der Waals surface area contributed by atoms with Gasteiger partial charge in [0.25, 0.3) is 0 Å². The molecule has 12 heteroatoms. The summed E-state index contributed by atoms with van der Waals surface area (Å²) in [6.45, 7) is 24.5. The number of alkyl carbamates (subject to hydrolysis) is 2. The van der Waals surface area contributed by atoms with Crippen LogP contribution in [-0.2, 0) is 27.9 Å². The van der Waals surface area contributed by atoms with E-state index in [2.05, 4.69) is 71.1 Å². The van der Waals surface area contributed by atoms with Gasteiger partial charge < -0.3 is 33.7 Å². The number of amides is 2. The van der Waals surface area contributed by atoms with Crippen LogP contribution in [0.2, 0.25) is 38.3 Å². The maximum atomic E-state index is 12.5. The van der Waals surface area contributed by atoms with Crippen LogP contribution in [0.1, 0.15) is 88.0 Å². The summed E-state index contributed by atoms with van der Waals surface area (Å²) >= 11 is 0. The molecule has 0 radical (unpaired) electrons. The lowest BCUT2D eigenvalue weighted by Gasteiger charge is -2.46. The zero-order chi connectivity index (χ0) is 32.7. The predicted molar refractivity (Wildman–Crippen MR) is 189 cm³/mol. The molecular formula is C33H68N2O8Si2. The fourth-order valence-corrected chi connectivity index (χ4v) is 15.2. The van der Waals surface area contributed by atoms with Crippen molar-refractivity contribution in [2.24, 2.45) is 10.8 Å². The Labute approximate surface area is 277 Å². The topological polar surface area (TPSA) is 121 Å². The average molecular weight is 677 g/mol. The van der Waals surface area contributed by atoms with Crippen LogP contribution >= 0.6 is 0 Å². The monoisotopic (exact) mass is 676 g/mol. The van der Waals surface area contributed by atoms with E-state index in [0.29, 0.717) is 31.8 Å². The van der Waals surface area contributed by atoms with E-state index in [1.807, 2.05) is 0 Å². The second kappa shape index (κ2) is 21.1. The van der Waals surface area contributed by atoms with Crippen molar-refractivity contribution < 1.29 is 37.4 Å². The number of hydrogen-bond donors (Lipinski definition) is 2. The third-order valence-electron chi connectivity index (χ3n) is 7.54. The van der Waals surface area contributed by atoms with Crippen molar-refractivity contribution in [3.05, 3.63) is 12.2 Å². The van der Waals surface area contributed by atoms with E-state index < -0.39 is 34.8 Å². The maximum absolute atomic E-state index is 12.5. The molecule has 2 atom stereocenters. The molecule has 0 aromatic carbocycles. The molecule has 45 heavy (non-hydrogen) atoms. The van der Waals surface area contributed by atoms with Crippen LogP contribution in [-0.4, -0.2) is 80.4 Å². The molecule has 0 heterocycles. The zero-order valence-electron chi connectivity index (χ0n) is 28.4. The summed E-state index contributed by atoms with van der Waals surface area (Å²) < 4.78 is 27.8. The Morgan fingerprint density at radius 1 is 0.822 bits per heavy atom. The molecule has 1 rings (SSSR count). The highest BCUT2D eigenvalue weighted by Crippen LogP contribution is 2.45. The number of carbonyl (C=O) groups is 3. The van der Waals surface area contributed by atoms with Gasteiger partial charge in [0.15, 0.2) is 16.6 Å². The zero-order valence-corrected chi connectivity index (χ0v) is 30.4. The van der Waals surface area contributed by atoms with Gasteiger partial charge in [-0.3, -0.25) is 0 Å². The number of esters is 1. The molecule has 1 fully saturated rings. The third kappa shape index (κ3) is 20.8. The SMILES string of the molecule is C.C.C=C(C)C(=O)OCCOC(=O)NCC1(C)CC(NC(=O)OCCOCCC[Si](C)(C)O[Si](C)(C)CCCC)CC(C)(C)C1. The summed E-state index contributed by atoms with van der Waals surface area (Å²) in [4.78, 5) is 36.1. The molecule has 0 saturated heterocycles. The molecule has 2 amide bonds. The minimum absolute atomic E-state index is 0. The first-order chi connectivity index (χ1) is 19.9. The summed E-state index contributed by atoms with van der Waals surface area (Å²) in [7, 11) is -3.31. The van der Waals surface area contributed by atoms with E-state index in [-0.39, 0.29) is 51.5 Å².